The molecule has 1 aromatic rings. The Bertz CT molecular complexity index is 272. The summed E-state index contributed by atoms with van der Waals surface area (Å²) < 4.78 is 0. The molecule has 17 heavy (non-hydrogen) atoms. The Labute approximate surface area is 116 Å². The molecule has 0 bridgehead atoms. The number of aliphatic hydroxyl groups excluding tert-OH is 1. The number of nitrogens with two attached hydrogens (primary N) is 1. The molecule has 1 aromatic carbocycles. The normalized spacial score (nSPS) is 13.1. The quantitative estimate of drug-likeness (QED) is 0.446. The van der Waals surface area contributed by atoms with E-state index in [1.807, 2.05) is 30.3 Å². The lowest BCUT2D eigenvalue weighted by Gasteiger charge is -2.17. The minimum atomic E-state index is -0.379. The minimum Gasteiger partial charge on any atom is -1.00 e. The van der Waals surface area contributed by atoms with Crippen molar-refractivity contribution in [2.24, 2.45) is 0 Å². The molecule has 2 unspecified atom stereocenters. The largest absolute Gasteiger partial charge is 1.00 e. The van der Waals surface area contributed by atoms with Crippen LogP contribution in [0, 0.1) is 0 Å². The van der Waals surface area contributed by atoms with Crippen molar-refractivity contribution in [3.05, 3.63) is 35.9 Å². The maximum atomic E-state index is 10.0. The van der Waals surface area contributed by atoms with Crippen LogP contribution < -0.4 is 35.9 Å². The molecule has 6 N–H and O–H groups in total. The molecule has 0 saturated carbocycles. The number of benzene rings is 1. The third-order valence-electron chi connectivity index (χ3n) is 2.63. The van der Waals surface area contributed by atoms with E-state index in [2.05, 4.69) is 18.0 Å². The van der Waals surface area contributed by atoms with Crippen LogP contribution in [0.5, 0.6) is 0 Å². The van der Waals surface area contributed by atoms with E-state index in [4.69, 9.17) is 0 Å². The molecule has 0 amide bonds. The third-order valence-corrected chi connectivity index (χ3v) is 2.63. The zero-order valence-electron chi connectivity index (χ0n) is 10.2. The van der Waals surface area contributed by atoms with E-state index in [1.54, 1.807) is 0 Å². The molecule has 0 saturated heterocycles. The zero-order valence-corrected chi connectivity index (χ0v) is 11.7. The lowest BCUT2D eigenvalue weighted by Crippen LogP contribution is -3.00. The fourth-order valence-corrected chi connectivity index (χ4v) is 1.61. The van der Waals surface area contributed by atoms with Crippen LogP contribution in [-0.4, -0.2) is 24.2 Å². The van der Waals surface area contributed by atoms with Gasteiger partial charge < -0.3 is 41.0 Å². The van der Waals surface area contributed by atoms with Gasteiger partial charge in [0, 0.05) is 6.42 Å². The van der Waals surface area contributed by atoms with Gasteiger partial charge in [-0.1, -0.05) is 30.3 Å². The Hall–Kier alpha value is -0.320. The molecule has 0 aromatic heterocycles. The first-order chi connectivity index (χ1) is 7.25. The number of quaternary nitrogens is 2. The van der Waals surface area contributed by atoms with Gasteiger partial charge in [-0.3, -0.25) is 0 Å². The highest BCUT2D eigenvalue weighted by atomic mass is 35.5. The van der Waals surface area contributed by atoms with Crippen molar-refractivity contribution in [3.8, 4) is 0 Å². The number of hydrogen-bond donors (Lipinski definition) is 3. The summed E-state index contributed by atoms with van der Waals surface area (Å²) >= 11 is 0. The van der Waals surface area contributed by atoms with E-state index in [0.717, 1.165) is 25.1 Å². The predicted molar refractivity (Wildman–Crippen MR) is 60.0 cm³/mol. The van der Waals surface area contributed by atoms with Gasteiger partial charge in [0.25, 0.3) is 0 Å². The summed E-state index contributed by atoms with van der Waals surface area (Å²) in [6, 6.07) is 10.0. The molecule has 5 heteroatoms. The van der Waals surface area contributed by atoms with E-state index in [-0.39, 0.29) is 37.0 Å². The standard InChI is InChI=1S/C12H20N2O.2ClH/c1-10(14-9-5-8-13)12(15)11-6-3-2-4-7-11;;/h2-4,6-7,10,12,14-15H,5,8-9,13H2,1H3;2*1H. The number of hydrogen-bond acceptors (Lipinski definition) is 1. The van der Waals surface area contributed by atoms with Crippen molar-refractivity contribution < 1.29 is 41.0 Å². The second kappa shape index (κ2) is 10.8. The van der Waals surface area contributed by atoms with Crippen LogP contribution in [-0.2, 0) is 0 Å². The fourth-order valence-electron chi connectivity index (χ4n) is 1.61. The van der Waals surface area contributed by atoms with Gasteiger partial charge in [-0.05, 0) is 12.5 Å². The summed E-state index contributed by atoms with van der Waals surface area (Å²) in [6.45, 7) is 4.06. The lowest BCUT2D eigenvalue weighted by atomic mass is 10.0. The Kier molecular flexibility index (Phi) is 12.1. The van der Waals surface area contributed by atoms with E-state index < -0.39 is 0 Å². The molecule has 0 spiro atoms. The molecular formula is C12H22Cl2N2O. The number of halogens is 2. The fraction of sp³-hybridized carbons (Fsp3) is 0.500. The molecule has 100 valence electrons. The highest BCUT2D eigenvalue weighted by Crippen LogP contribution is 2.13. The SMILES string of the molecule is CC([NH2+]CCC[NH3+])C(O)c1ccccc1.[Cl-].[Cl-]. The van der Waals surface area contributed by atoms with Crippen molar-refractivity contribution in [2.75, 3.05) is 13.1 Å². The molecule has 0 radical (unpaired) electrons. The van der Waals surface area contributed by atoms with Gasteiger partial charge in [-0.15, -0.1) is 0 Å². The first-order valence-corrected chi connectivity index (χ1v) is 5.61. The molecule has 0 heterocycles. The van der Waals surface area contributed by atoms with E-state index in [9.17, 15) is 5.11 Å². The van der Waals surface area contributed by atoms with Crippen LogP contribution in [0.3, 0.4) is 0 Å². The van der Waals surface area contributed by atoms with Crippen LogP contribution in [0.4, 0.5) is 0 Å². The molecule has 0 aliphatic heterocycles. The smallest absolute Gasteiger partial charge is 0.130 e. The first-order valence-electron chi connectivity index (χ1n) is 5.61. The Morgan fingerprint density at radius 3 is 2.35 bits per heavy atom. The molecular weight excluding hydrogens is 259 g/mol. The number of aliphatic hydroxyl groups is 1. The lowest BCUT2D eigenvalue weighted by molar-refractivity contribution is -0.696. The summed E-state index contributed by atoms with van der Waals surface area (Å²) in [6.07, 6.45) is 0.724. The zero-order chi connectivity index (χ0) is 11.1. The second-order valence-electron chi connectivity index (χ2n) is 3.95. The topological polar surface area (TPSA) is 64.5 Å². The van der Waals surface area contributed by atoms with Crippen LogP contribution >= 0.6 is 0 Å². The summed E-state index contributed by atoms with van der Waals surface area (Å²) in [5, 5.41) is 12.2. The molecule has 3 nitrogen and oxygen atoms in total. The predicted octanol–water partition coefficient (Wildman–Crippen LogP) is -6.69. The van der Waals surface area contributed by atoms with Gasteiger partial charge in [0.1, 0.15) is 12.1 Å². The van der Waals surface area contributed by atoms with Gasteiger partial charge in [0.15, 0.2) is 0 Å². The van der Waals surface area contributed by atoms with Gasteiger partial charge in [0.2, 0.25) is 0 Å². The highest BCUT2D eigenvalue weighted by Gasteiger charge is 2.18. The molecule has 2 atom stereocenters. The maximum Gasteiger partial charge on any atom is 0.130 e. The summed E-state index contributed by atoms with van der Waals surface area (Å²) in [5.41, 5.74) is 4.80. The highest BCUT2D eigenvalue weighted by molar-refractivity contribution is 5.17. The summed E-state index contributed by atoms with van der Waals surface area (Å²) in [7, 11) is 0. The van der Waals surface area contributed by atoms with Crippen molar-refractivity contribution in [1.29, 1.82) is 0 Å². The number of rotatable bonds is 6. The molecule has 0 aliphatic carbocycles. The average Bonchev–Trinajstić information content (AvgIpc) is 2.29. The van der Waals surface area contributed by atoms with Crippen LogP contribution in [0.25, 0.3) is 0 Å². The monoisotopic (exact) mass is 280 g/mol. The van der Waals surface area contributed by atoms with Gasteiger partial charge >= 0.3 is 0 Å². The Balaban J connectivity index is 0. The molecule has 1 rings (SSSR count). The van der Waals surface area contributed by atoms with Gasteiger partial charge in [-0.25, -0.2) is 0 Å². The molecule has 0 fully saturated rings. The van der Waals surface area contributed by atoms with E-state index >= 15 is 0 Å². The van der Waals surface area contributed by atoms with Crippen molar-refractivity contribution in [2.45, 2.75) is 25.5 Å². The minimum absolute atomic E-state index is 0. The van der Waals surface area contributed by atoms with Crippen LogP contribution in [0.2, 0.25) is 0 Å². The third kappa shape index (κ3) is 6.86. The second-order valence-corrected chi connectivity index (χ2v) is 3.95. The van der Waals surface area contributed by atoms with E-state index in [0.29, 0.717) is 0 Å². The van der Waals surface area contributed by atoms with Gasteiger partial charge in [0.05, 0.1) is 13.1 Å². The average molecular weight is 281 g/mol. The van der Waals surface area contributed by atoms with Crippen molar-refractivity contribution in [1.82, 2.24) is 0 Å². The summed E-state index contributed by atoms with van der Waals surface area (Å²) in [5.74, 6) is 0. The maximum absolute atomic E-state index is 10.0. The Morgan fingerprint density at radius 2 is 1.82 bits per heavy atom. The summed E-state index contributed by atoms with van der Waals surface area (Å²) in [4.78, 5) is 0. The van der Waals surface area contributed by atoms with Gasteiger partial charge in [-0.2, -0.15) is 0 Å². The first kappa shape index (κ1) is 19.0. The van der Waals surface area contributed by atoms with Crippen LogP contribution in [0.1, 0.15) is 25.0 Å². The Morgan fingerprint density at radius 1 is 1.24 bits per heavy atom. The van der Waals surface area contributed by atoms with E-state index in [1.165, 1.54) is 0 Å². The van der Waals surface area contributed by atoms with Crippen molar-refractivity contribution >= 4 is 0 Å². The van der Waals surface area contributed by atoms with Crippen LogP contribution in [0.15, 0.2) is 30.3 Å². The van der Waals surface area contributed by atoms with Crippen molar-refractivity contribution in [3.63, 3.8) is 0 Å². The molecule has 0 aliphatic rings.